The van der Waals surface area contributed by atoms with Crippen LogP contribution in [0.5, 0.6) is 0 Å². The van der Waals surface area contributed by atoms with Crippen LogP contribution in [0.3, 0.4) is 0 Å². The molecule has 6 heteroatoms. The van der Waals surface area contributed by atoms with Crippen LogP contribution in [-0.2, 0) is 0 Å². The molecular weight excluding hydrogens is 350 g/mol. The maximum Gasteiger partial charge on any atom is 0.268 e. The molecule has 0 amide bonds. The minimum atomic E-state index is 0.279. The summed E-state index contributed by atoms with van der Waals surface area (Å²) in [7, 11) is 0. The number of aromatic nitrogens is 4. The Morgan fingerprint density at radius 3 is 2.57 bits per heavy atom. The lowest BCUT2D eigenvalue weighted by Crippen LogP contribution is -2.38. The topological polar surface area (TPSA) is 60.0 Å². The summed E-state index contributed by atoms with van der Waals surface area (Å²) in [4.78, 5) is 2.62. The Balaban J connectivity index is 1.34. The second kappa shape index (κ2) is 7.32. The molecule has 1 saturated carbocycles. The highest BCUT2D eigenvalue weighted by atomic mass is 16.4. The van der Waals surface area contributed by atoms with Crippen molar-refractivity contribution in [2.24, 2.45) is 5.92 Å². The van der Waals surface area contributed by atoms with Gasteiger partial charge in [-0.15, -0.1) is 10.2 Å². The van der Waals surface area contributed by atoms with Gasteiger partial charge in [-0.1, -0.05) is 24.6 Å². The van der Waals surface area contributed by atoms with Crippen molar-refractivity contribution in [2.75, 3.05) is 19.6 Å². The molecule has 0 bridgehead atoms. The molecule has 5 rings (SSSR count). The molecule has 1 saturated heterocycles. The molecule has 1 aromatic carbocycles. The number of hydrogen-bond acceptors (Lipinski definition) is 5. The fourth-order valence-corrected chi connectivity index (χ4v) is 4.54. The van der Waals surface area contributed by atoms with Crippen LogP contribution in [0, 0.1) is 5.92 Å². The summed E-state index contributed by atoms with van der Waals surface area (Å²) in [6.07, 6.45) is 6.48. The molecule has 148 valence electrons. The van der Waals surface area contributed by atoms with Crippen molar-refractivity contribution < 1.29 is 4.42 Å². The summed E-state index contributed by atoms with van der Waals surface area (Å²) in [5, 5.41) is 14.6. The minimum absolute atomic E-state index is 0.279. The molecule has 2 aromatic heterocycles. The summed E-state index contributed by atoms with van der Waals surface area (Å²) in [6.45, 7) is 7.84. The Morgan fingerprint density at radius 1 is 1.07 bits per heavy atom. The van der Waals surface area contributed by atoms with E-state index in [1.807, 2.05) is 16.8 Å². The Hall–Kier alpha value is -2.21. The molecule has 0 atom stereocenters. The number of benzene rings is 1. The van der Waals surface area contributed by atoms with Crippen LogP contribution in [-0.4, -0.2) is 44.5 Å². The van der Waals surface area contributed by atoms with Crippen LogP contribution in [0.15, 0.2) is 28.7 Å². The van der Waals surface area contributed by atoms with Gasteiger partial charge >= 0.3 is 0 Å². The quantitative estimate of drug-likeness (QED) is 0.646. The molecule has 0 unspecified atom stereocenters. The first-order chi connectivity index (χ1) is 13.7. The molecule has 28 heavy (non-hydrogen) atoms. The molecule has 2 fully saturated rings. The number of piperidine rings is 1. The van der Waals surface area contributed by atoms with Crippen molar-refractivity contribution >= 4 is 10.9 Å². The maximum atomic E-state index is 6.14. The van der Waals surface area contributed by atoms with Gasteiger partial charge in [-0.3, -0.25) is 4.68 Å². The van der Waals surface area contributed by atoms with Gasteiger partial charge in [0.05, 0.1) is 5.52 Å². The zero-order valence-corrected chi connectivity index (χ0v) is 16.8. The molecule has 3 heterocycles. The average molecular weight is 380 g/mol. The molecule has 0 radical (unpaired) electrons. The van der Waals surface area contributed by atoms with E-state index in [-0.39, 0.29) is 6.04 Å². The van der Waals surface area contributed by atoms with Crippen LogP contribution in [0.25, 0.3) is 22.5 Å². The zero-order chi connectivity index (χ0) is 19.1. The Kier molecular flexibility index (Phi) is 4.67. The van der Waals surface area contributed by atoms with Gasteiger partial charge in [0, 0.05) is 23.9 Å². The van der Waals surface area contributed by atoms with E-state index in [9.17, 15) is 0 Å². The highest BCUT2D eigenvalue weighted by molar-refractivity contribution is 5.91. The smallest absolute Gasteiger partial charge is 0.268 e. The molecule has 2 aliphatic rings. The second-order valence-corrected chi connectivity index (χ2v) is 8.72. The van der Waals surface area contributed by atoms with E-state index in [2.05, 4.69) is 41.1 Å². The standard InChI is InChI=1S/C22H29N5O/c1-15(2)27-19-9-4-3-8-18(19)20(25-27)22-24-23-21(28-22)17-10-12-26(13-11-17)14-16-6-5-7-16/h3-4,8-9,15-17H,5-7,10-14H2,1-2H3. The van der Waals surface area contributed by atoms with E-state index in [4.69, 9.17) is 9.52 Å². The van der Waals surface area contributed by atoms with Gasteiger partial charge in [0.15, 0.2) is 5.69 Å². The predicted octanol–water partition coefficient (Wildman–Crippen LogP) is 4.65. The van der Waals surface area contributed by atoms with Crippen LogP contribution >= 0.6 is 0 Å². The zero-order valence-electron chi connectivity index (χ0n) is 16.8. The summed E-state index contributed by atoms with van der Waals surface area (Å²) in [5.41, 5.74) is 1.90. The van der Waals surface area contributed by atoms with Gasteiger partial charge in [-0.05, 0) is 64.6 Å². The number of nitrogens with zero attached hydrogens (tertiary/aromatic N) is 5. The van der Waals surface area contributed by atoms with E-state index in [0.29, 0.717) is 11.8 Å². The van der Waals surface area contributed by atoms with Gasteiger partial charge in [0.2, 0.25) is 5.89 Å². The third-order valence-corrected chi connectivity index (χ3v) is 6.42. The lowest BCUT2D eigenvalue weighted by Gasteiger charge is -2.36. The van der Waals surface area contributed by atoms with E-state index < -0.39 is 0 Å². The first kappa shape index (κ1) is 17.9. The molecule has 3 aromatic rings. The van der Waals surface area contributed by atoms with Gasteiger partial charge < -0.3 is 9.32 Å². The van der Waals surface area contributed by atoms with Gasteiger partial charge in [0.25, 0.3) is 5.89 Å². The molecule has 1 aliphatic carbocycles. The van der Waals surface area contributed by atoms with E-state index in [1.54, 1.807) is 0 Å². The van der Waals surface area contributed by atoms with E-state index >= 15 is 0 Å². The highest BCUT2D eigenvalue weighted by Crippen LogP contribution is 2.34. The second-order valence-electron chi connectivity index (χ2n) is 8.72. The fourth-order valence-electron chi connectivity index (χ4n) is 4.54. The number of para-hydroxylation sites is 1. The number of rotatable bonds is 5. The fraction of sp³-hybridized carbons (Fsp3) is 0.591. The van der Waals surface area contributed by atoms with Crippen LogP contribution in [0.2, 0.25) is 0 Å². The Bertz CT molecular complexity index is 947. The monoisotopic (exact) mass is 379 g/mol. The first-order valence-electron chi connectivity index (χ1n) is 10.7. The number of fused-ring (bicyclic) bond motifs is 1. The molecule has 0 N–H and O–H groups in total. The molecule has 6 nitrogen and oxygen atoms in total. The first-order valence-corrected chi connectivity index (χ1v) is 10.7. The summed E-state index contributed by atoms with van der Waals surface area (Å²) in [5.74, 6) is 2.64. The summed E-state index contributed by atoms with van der Waals surface area (Å²) >= 11 is 0. The van der Waals surface area contributed by atoms with Crippen molar-refractivity contribution in [1.29, 1.82) is 0 Å². The molecular formula is C22H29N5O. The van der Waals surface area contributed by atoms with Crippen molar-refractivity contribution in [2.45, 2.75) is 57.9 Å². The third kappa shape index (κ3) is 3.24. The van der Waals surface area contributed by atoms with Gasteiger partial charge in [0.1, 0.15) is 0 Å². The van der Waals surface area contributed by atoms with Gasteiger partial charge in [-0.2, -0.15) is 5.10 Å². The minimum Gasteiger partial charge on any atom is -0.419 e. The molecule has 0 spiro atoms. The lowest BCUT2D eigenvalue weighted by atomic mass is 9.84. The van der Waals surface area contributed by atoms with E-state index in [1.165, 1.54) is 25.8 Å². The van der Waals surface area contributed by atoms with Crippen molar-refractivity contribution in [1.82, 2.24) is 24.9 Å². The number of likely N-dealkylation sites (tertiary alicyclic amines) is 1. The Morgan fingerprint density at radius 2 is 1.86 bits per heavy atom. The van der Waals surface area contributed by atoms with Crippen LogP contribution in [0.1, 0.15) is 63.8 Å². The normalized spacial score (nSPS) is 19.5. The highest BCUT2D eigenvalue weighted by Gasteiger charge is 2.28. The van der Waals surface area contributed by atoms with Crippen LogP contribution in [0.4, 0.5) is 0 Å². The maximum absolute atomic E-state index is 6.14. The lowest BCUT2D eigenvalue weighted by molar-refractivity contribution is 0.141. The summed E-state index contributed by atoms with van der Waals surface area (Å²) in [6, 6.07) is 8.54. The Labute approximate surface area is 165 Å². The predicted molar refractivity (Wildman–Crippen MR) is 109 cm³/mol. The average Bonchev–Trinajstić information content (AvgIpc) is 3.30. The summed E-state index contributed by atoms with van der Waals surface area (Å²) < 4.78 is 8.18. The number of hydrogen-bond donors (Lipinski definition) is 0. The van der Waals surface area contributed by atoms with Crippen molar-refractivity contribution in [3.8, 4) is 11.6 Å². The van der Waals surface area contributed by atoms with Crippen molar-refractivity contribution in [3.05, 3.63) is 30.2 Å². The van der Waals surface area contributed by atoms with Crippen molar-refractivity contribution in [3.63, 3.8) is 0 Å². The largest absolute Gasteiger partial charge is 0.419 e. The van der Waals surface area contributed by atoms with E-state index in [0.717, 1.165) is 54.3 Å². The SMILES string of the molecule is CC(C)n1nc(-c2nnc(C3CCN(CC4CCC4)CC3)o2)c2ccccc21. The third-order valence-electron chi connectivity index (χ3n) is 6.42. The molecule has 1 aliphatic heterocycles. The van der Waals surface area contributed by atoms with Gasteiger partial charge in [-0.25, -0.2) is 0 Å². The van der Waals surface area contributed by atoms with Crippen LogP contribution < -0.4 is 0 Å².